The van der Waals surface area contributed by atoms with Crippen LogP contribution >= 0.6 is 0 Å². The van der Waals surface area contributed by atoms with Gasteiger partial charge in [-0.3, -0.25) is 4.68 Å². The minimum Gasteiger partial charge on any atom is -0.313 e. The van der Waals surface area contributed by atoms with Gasteiger partial charge in [0.2, 0.25) is 0 Å². The first-order valence-electron chi connectivity index (χ1n) is 7.81. The Balaban J connectivity index is 1.95. The van der Waals surface area contributed by atoms with E-state index >= 15 is 0 Å². The number of hydrogen-bond acceptors (Lipinski definition) is 3. The van der Waals surface area contributed by atoms with E-state index in [1.54, 1.807) is 4.68 Å². The first kappa shape index (κ1) is 14.5. The molecule has 0 saturated heterocycles. The van der Waals surface area contributed by atoms with E-state index in [1.165, 1.54) is 32.1 Å². The Kier molecular flexibility index (Phi) is 5.37. The zero-order valence-electron chi connectivity index (χ0n) is 12.6. The molecule has 1 aliphatic carbocycles. The molecule has 3 unspecified atom stereocenters. The number of nitrogens with one attached hydrogen (secondary N) is 1. The predicted octanol–water partition coefficient (Wildman–Crippen LogP) is 2.55. The van der Waals surface area contributed by atoms with Gasteiger partial charge in [-0.05, 0) is 37.6 Å². The molecule has 1 aromatic rings. The molecule has 1 aromatic heterocycles. The van der Waals surface area contributed by atoms with E-state index in [2.05, 4.69) is 29.5 Å². The Morgan fingerprint density at radius 3 is 2.84 bits per heavy atom. The highest BCUT2D eigenvalue weighted by Gasteiger charge is 2.30. The highest BCUT2D eigenvalue weighted by molar-refractivity contribution is 4.98. The summed E-state index contributed by atoms with van der Waals surface area (Å²) in [4.78, 5) is 0. The second kappa shape index (κ2) is 7.04. The molecule has 0 amide bonds. The van der Waals surface area contributed by atoms with E-state index in [9.17, 15) is 0 Å². The zero-order valence-corrected chi connectivity index (χ0v) is 12.6. The summed E-state index contributed by atoms with van der Waals surface area (Å²) in [5.74, 6) is 1.76. The summed E-state index contributed by atoms with van der Waals surface area (Å²) in [5.41, 5.74) is 1.12. The molecule has 0 bridgehead atoms. The molecule has 1 heterocycles. The van der Waals surface area contributed by atoms with E-state index in [4.69, 9.17) is 0 Å². The van der Waals surface area contributed by atoms with Crippen molar-refractivity contribution in [3.05, 3.63) is 11.9 Å². The third kappa shape index (κ3) is 4.03. The Morgan fingerprint density at radius 1 is 1.42 bits per heavy atom. The molecule has 1 aliphatic rings. The summed E-state index contributed by atoms with van der Waals surface area (Å²) in [5, 5.41) is 12.0. The fourth-order valence-corrected chi connectivity index (χ4v) is 3.30. The molecule has 4 heteroatoms. The van der Waals surface area contributed by atoms with Crippen LogP contribution in [-0.2, 0) is 13.5 Å². The van der Waals surface area contributed by atoms with Gasteiger partial charge in [0.05, 0.1) is 5.69 Å². The molecule has 4 nitrogen and oxygen atoms in total. The van der Waals surface area contributed by atoms with Crippen molar-refractivity contribution in [3.63, 3.8) is 0 Å². The van der Waals surface area contributed by atoms with Crippen LogP contribution in [0.4, 0.5) is 0 Å². The molecule has 1 N–H and O–H groups in total. The van der Waals surface area contributed by atoms with Crippen molar-refractivity contribution in [2.24, 2.45) is 18.9 Å². The van der Waals surface area contributed by atoms with Crippen molar-refractivity contribution in [2.45, 2.75) is 58.4 Å². The topological polar surface area (TPSA) is 42.7 Å². The molecular weight excluding hydrogens is 236 g/mol. The van der Waals surface area contributed by atoms with E-state index in [0.29, 0.717) is 6.04 Å². The summed E-state index contributed by atoms with van der Waals surface area (Å²) in [6, 6.07) is 0.577. The van der Waals surface area contributed by atoms with Gasteiger partial charge in [-0.25, -0.2) is 0 Å². The third-order valence-electron chi connectivity index (χ3n) is 4.46. The number of aryl methyl sites for hydroxylation is 1. The minimum absolute atomic E-state index is 0.577. The second-order valence-electron chi connectivity index (χ2n) is 6.00. The predicted molar refractivity (Wildman–Crippen MR) is 77.9 cm³/mol. The summed E-state index contributed by atoms with van der Waals surface area (Å²) in [6.45, 7) is 5.66. The van der Waals surface area contributed by atoms with E-state index in [0.717, 1.165) is 30.5 Å². The second-order valence-corrected chi connectivity index (χ2v) is 6.00. The Bertz CT molecular complexity index is 374. The van der Waals surface area contributed by atoms with Gasteiger partial charge in [-0.15, -0.1) is 5.10 Å². The van der Waals surface area contributed by atoms with Crippen LogP contribution in [0.3, 0.4) is 0 Å². The maximum absolute atomic E-state index is 4.25. The van der Waals surface area contributed by atoms with Crippen LogP contribution in [0.25, 0.3) is 0 Å². The number of aromatic nitrogens is 3. The van der Waals surface area contributed by atoms with E-state index in [1.807, 2.05) is 13.2 Å². The Hall–Kier alpha value is -0.900. The van der Waals surface area contributed by atoms with Crippen LogP contribution in [0.15, 0.2) is 6.20 Å². The van der Waals surface area contributed by atoms with Crippen molar-refractivity contribution in [1.82, 2.24) is 20.3 Å². The van der Waals surface area contributed by atoms with Crippen LogP contribution < -0.4 is 5.32 Å². The van der Waals surface area contributed by atoms with Crippen molar-refractivity contribution in [3.8, 4) is 0 Å². The van der Waals surface area contributed by atoms with Crippen LogP contribution in [0.1, 0.15) is 51.6 Å². The lowest BCUT2D eigenvalue weighted by molar-refractivity contribution is 0.342. The fraction of sp³-hybridized carbons (Fsp3) is 0.867. The average molecular weight is 264 g/mol. The SMILES string of the molecule is CCCNC(Cc1cn(C)nn1)C1CCC(CC)C1. The largest absolute Gasteiger partial charge is 0.313 e. The van der Waals surface area contributed by atoms with Crippen LogP contribution in [0, 0.1) is 11.8 Å². The lowest BCUT2D eigenvalue weighted by Crippen LogP contribution is -2.37. The van der Waals surface area contributed by atoms with Gasteiger partial charge < -0.3 is 5.32 Å². The molecule has 1 fully saturated rings. The van der Waals surface area contributed by atoms with Gasteiger partial charge in [0.1, 0.15) is 0 Å². The van der Waals surface area contributed by atoms with Crippen molar-refractivity contribution in [2.75, 3.05) is 6.54 Å². The lowest BCUT2D eigenvalue weighted by Gasteiger charge is -2.24. The standard InChI is InChI=1S/C15H28N4/c1-4-8-16-15(10-14-11-19(3)18-17-14)13-7-6-12(5-2)9-13/h11-13,15-16H,4-10H2,1-3H3. The number of rotatable bonds is 7. The van der Waals surface area contributed by atoms with Crippen molar-refractivity contribution >= 4 is 0 Å². The number of nitrogens with zero attached hydrogens (tertiary/aromatic N) is 3. The van der Waals surface area contributed by atoms with E-state index < -0.39 is 0 Å². The molecule has 0 aliphatic heterocycles. The quantitative estimate of drug-likeness (QED) is 0.823. The van der Waals surface area contributed by atoms with Gasteiger partial charge in [-0.1, -0.05) is 31.9 Å². The highest BCUT2D eigenvalue weighted by atomic mass is 15.4. The Morgan fingerprint density at radius 2 is 2.26 bits per heavy atom. The first-order chi connectivity index (χ1) is 9.22. The van der Waals surface area contributed by atoms with Crippen molar-refractivity contribution in [1.29, 1.82) is 0 Å². The molecule has 0 spiro atoms. The van der Waals surface area contributed by atoms with Crippen LogP contribution in [-0.4, -0.2) is 27.6 Å². The first-order valence-corrected chi connectivity index (χ1v) is 7.81. The van der Waals surface area contributed by atoms with Crippen LogP contribution in [0.2, 0.25) is 0 Å². The lowest BCUT2D eigenvalue weighted by atomic mass is 9.92. The van der Waals surface area contributed by atoms with Gasteiger partial charge >= 0.3 is 0 Å². The van der Waals surface area contributed by atoms with Gasteiger partial charge in [0, 0.05) is 25.7 Å². The smallest absolute Gasteiger partial charge is 0.0842 e. The molecular formula is C15H28N4. The van der Waals surface area contributed by atoms with Gasteiger partial charge in [0.25, 0.3) is 0 Å². The molecule has 108 valence electrons. The van der Waals surface area contributed by atoms with Crippen LogP contribution in [0.5, 0.6) is 0 Å². The summed E-state index contributed by atoms with van der Waals surface area (Å²) in [6.07, 6.45) is 9.77. The molecule has 19 heavy (non-hydrogen) atoms. The van der Waals surface area contributed by atoms with Gasteiger partial charge in [-0.2, -0.15) is 0 Å². The molecule has 2 rings (SSSR count). The molecule has 0 radical (unpaired) electrons. The normalized spacial score (nSPS) is 24.8. The molecule has 3 atom stereocenters. The summed E-state index contributed by atoms with van der Waals surface area (Å²) >= 11 is 0. The molecule has 0 aromatic carbocycles. The fourth-order valence-electron chi connectivity index (χ4n) is 3.30. The maximum atomic E-state index is 4.25. The average Bonchev–Trinajstić information content (AvgIpc) is 3.03. The minimum atomic E-state index is 0.577. The summed E-state index contributed by atoms with van der Waals surface area (Å²) in [7, 11) is 1.94. The van der Waals surface area contributed by atoms with Crippen molar-refractivity contribution < 1.29 is 0 Å². The monoisotopic (exact) mass is 264 g/mol. The maximum Gasteiger partial charge on any atom is 0.0842 e. The van der Waals surface area contributed by atoms with Gasteiger partial charge in [0.15, 0.2) is 0 Å². The highest BCUT2D eigenvalue weighted by Crippen LogP contribution is 2.35. The molecule has 1 saturated carbocycles. The summed E-state index contributed by atoms with van der Waals surface area (Å²) < 4.78 is 1.80. The van der Waals surface area contributed by atoms with E-state index in [-0.39, 0.29) is 0 Å². The zero-order chi connectivity index (χ0) is 13.7. The third-order valence-corrected chi connectivity index (χ3v) is 4.46. The number of hydrogen-bond donors (Lipinski definition) is 1. The Labute approximate surface area is 117 Å².